The van der Waals surface area contributed by atoms with Gasteiger partial charge in [0.25, 0.3) is 5.56 Å². The maximum absolute atomic E-state index is 12.8. The number of rotatable bonds is 7. The van der Waals surface area contributed by atoms with Crippen molar-refractivity contribution in [3.05, 3.63) is 58.9 Å². The van der Waals surface area contributed by atoms with Crippen LogP contribution in [0.4, 0.5) is 0 Å². The van der Waals surface area contributed by atoms with Crippen LogP contribution in [0.15, 0.2) is 47.5 Å². The summed E-state index contributed by atoms with van der Waals surface area (Å²) in [5, 5.41) is 3.20. The fraction of sp³-hybridized carbons (Fsp3) is 0.273. The van der Waals surface area contributed by atoms with Gasteiger partial charge in [-0.15, -0.1) is 0 Å². The molecule has 1 amide bonds. The van der Waals surface area contributed by atoms with Crippen LogP contribution in [0, 0.1) is 0 Å². The van der Waals surface area contributed by atoms with Gasteiger partial charge in [0.1, 0.15) is 12.4 Å². The third-order valence-corrected chi connectivity index (χ3v) is 5.19. The first-order chi connectivity index (χ1) is 15.0. The molecule has 4 rings (SSSR count). The summed E-state index contributed by atoms with van der Waals surface area (Å²) in [7, 11) is 4.97. The van der Waals surface area contributed by atoms with E-state index in [0.29, 0.717) is 35.4 Å². The second-order valence-electron chi connectivity index (χ2n) is 7.08. The first kappa shape index (κ1) is 20.4. The van der Waals surface area contributed by atoms with Gasteiger partial charge in [-0.1, -0.05) is 12.1 Å². The van der Waals surface area contributed by atoms with Crippen LogP contribution in [-0.4, -0.2) is 45.8 Å². The Morgan fingerprint density at radius 2 is 1.84 bits per heavy atom. The summed E-state index contributed by atoms with van der Waals surface area (Å²) in [5.41, 5.74) is 2.12. The molecule has 0 aliphatic heterocycles. The zero-order chi connectivity index (χ0) is 22.0. The third kappa shape index (κ3) is 3.94. The van der Waals surface area contributed by atoms with Crippen LogP contribution in [0.5, 0.6) is 11.5 Å². The average Bonchev–Trinajstić information content (AvgIpc) is 3.10. The Kier molecular flexibility index (Phi) is 5.57. The number of ether oxygens (including phenoxy) is 2. The van der Waals surface area contributed by atoms with Crippen LogP contribution in [0.25, 0.3) is 21.9 Å². The summed E-state index contributed by atoms with van der Waals surface area (Å²) in [4.78, 5) is 34.1. The topological polar surface area (TPSA) is 100 Å². The molecule has 9 nitrogen and oxygen atoms in total. The summed E-state index contributed by atoms with van der Waals surface area (Å²) in [6, 6.07) is 11.1. The van der Waals surface area contributed by atoms with Crippen molar-refractivity contribution >= 4 is 27.8 Å². The smallest absolute Gasteiger partial charge is 0.261 e. The second kappa shape index (κ2) is 8.47. The molecule has 31 heavy (non-hydrogen) atoms. The highest BCUT2D eigenvalue weighted by molar-refractivity contribution is 5.82. The fourth-order valence-electron chi connectivity index (χ4n) is 3.54. The Morgan fingerprint density at radius 1 is 1.10 bits per heavy atom. The van der Waals surface area contributed by atoms with E-state index in [1.807, 2.05) is 35.9 Å². The molecular weight excluding hydrogens is 398 g/mol. The number of imidazole rings is 1. The number of nitrogens with zero attached hydrogens (tertiary/aromatic N) is 4. The van der Waals surface area contributed by atoms with Crippen molar-refractivity contribution in [2.45, 2.75) is 13.0 Å². The maximum Gasteiger partial charge on any atom is 0.261 e. The van der Waals surface area contributed by atoms with E-state index >= 15 is 0 Å². The Morgan fingerprint density at radius 3 is 2.58 bits per heavy atom. The highest BCUT2D eigenvalue weighted by atomic mass is 16.5. The zero-order valence-electron chi connectivity index (χ0n) is 17.6. The highest BCUT2D eigenvalue weighted by Crippen LogP contribution is 2.29. The van der Waals surface area contributed by atoms with Crippen molar-refractivity contribution in [3.8, 4) is 11.5 Å². The minimum Gasteiger partial charge on any atom is -0.493 e. The van der Waals surface area contributed by atoms with Gasteiger partial charge in [0.05, 0.1) is 42.5 Å². The minimum atomic E-state index is -0.323. The van der Waals surface area contributed by atoms with Crippen molar-refractivity contribution in [2.24, 2.45) is 7.05 Å². The monoisotopic (exact) mass is 421 g/mol. The van der Waals surface area contributed by atoms with Gasteiger partial charge in [-0.3, -0.25) is 14.2 Å². The molecule has 0 aliphatic carbocycles. The second-order valence-corrected chi connectivity index (χ2v) is 7.08. The minimum absolute atomic E-state index is 0.126. The molecule has 1 N–H and O–H groups in total. The summed E-state index contributed by atoms with van der Waals surface area (Å²) in [6.07, 6.45) is 1.94. The van der Waals surface area contributed by atoms with Crippen molar-refractivity contribution < 1.29 is 14.3 Å². The highest BCUT2D eigenvalue weighted by Gasteiger charge is 2.13. The molecule has 0 spiro atoms. The molecule has 2 aromatic heterocycles. The average molecular weight is 421 g/mol. The number of para-hydroxylation sites is 2. The lowest BCUT2D eigenvalue weighted by atomic mass is 10.2. The lowest BCUT2D eigenvalue weighted by Crippen LogP contribution is -2.33. The normalized spacial score (nSPS) is 11.1. The van der Waals surface area contributed by atoms with E-state index in [2.05, 4.69) is 15.3 Å². The van der Waals surface area contributed by atoms with Crippen LogP contribution in [0.3, 0.4) is 0 Å². The Bertz CT molecular complexity index is 1320. The number of amides is 1. The first-order valence-corrected chi connectivity index (χ1v) is 9.80. The Hall–Kier alpha value is -3.88. The van der Waals surface area contributed by atoms with Crippen molar-refractivity contribution in [3.63, 3.8) is 0 Å². The molecule has 160 valence electrons. The molecule has 4 aromatic rings. The van der Waals surface area contributed by atoms with E-state index in [9.17, 15) is 9.59 Å². The van der Waals surface area contributed by atoms with E-state index in [-0.39, 0.29) is 18.0 Å². The molecular formula is C22H23N5O4. The Balaban J connectivity index is 1.45. The number of aryl methyl sites for hydroxylation is 1. The molecule has 0 radical (unpaired) electrons. The molecule has 0 unspecified atom stereocenters. The number of benzene rings is 2. The molecule has 0 bridgehead atoms. The number of aromatic nitrogens is 4. The molecule has 2 aromatic carbocycles. The van der Waals surface area contributed by atoms with Crippen molar-refractivity contribution in [1.82, 2.24) is 24.4 Å². The quantitative estimate of drug-likeness (QED) is 0.487. The molecule has 0 aliphatic rings. The van der Waals surface area contributed by atoms with E-state index in [1.165, 1.54) is 25.1 Å². The van der Waals surface area contributed by atoms with E-state index in [1.54, 1.807) is 12.1 Å². The fourth-order valence-corrected chi connectivity index (χ4v) is 3.54. The van der Waals surface area contributed by atoms with Gasteiger partial charge in [0, 0.05) is 26.1 Å². The summed E-state index contributed by atoms with van der Waals surface area (Å²) < 4.78 is 13.8. The van der Waals surface area contributed by atoms with E-state index in [4.69, 9.17) is 9.47 Å². The maximum atomic E-state index is 12.8. The molecule has 2 heterocycles. The molecule has 9 heteroatoms. The number of hydrogen-bond donors (Lipinski definition) is 1. The zero-order valence-corrected chi connectivity index (χ0v) is 17.6. The number of hydrogen-bond acceptors (Lipinski definition) is 6. The summed E-state index contributed by atoms with van der Waals surface area (Å²) in [5.74, 6) is 1.52. The number of fused-ring (bicyclic) bond motifs is 2. The van der Waals surface area contributed by atoms with Crippen LogP contribution < -0.4 is 20.3 Å². The van der Waals surface area contributed by atoms with Gasteiger partial charge >= 0.3 is 0 Å². The summed E-state index contributed by atoms with van der Waals surface area (Å²) >= 11 is 0. The van der Waals surface area contributed by atoms with Gasteiger partial charge in [0.15, 0.2) is 11.5 Å². The first-order valence-electron chi connectivity index (χ1n) is 9.80. The largest absolute Gasteiger partial charge is 0.493 e. The van der Waals surface area contributed by atoms with Gasteiger partial charge in [-0.2, -0.15) is 0 Å². The van der Waals surface area contributed by atoms with Gasteiger partial charge in [-0.25, -0.2) is 9.97 Å². The van der Waals surface area contributed by atoms with E-state index < -0.39 is 0 Å². The molecule has 0 saturated heterocycles. The molecule has 0 fully saturated rings. The molecule has 0 atom stereocenters. The van der Waals surface area contributed by atoms with Crippen LogP contribution >= 0.6 is 0 Å². The number of nitrogens with one attached hydrogen (secondary N) is 1. The summed E-state index contributed by atoms with van der Waals surface area (Å²) in [6.45, 7) is 0.287. The van der Waals surface area contributed by atoms with Crippen LogP contribution in [-0.2, 0) is 24.8 Å². The number of carbonyl (C=O) groups is 1. The predicted molar refractivity (Wildman–Crippen MR) is 117 cm³/mol. The molecule has 0 saturated carbocycles. The van der Waals surface area contributed by atoms with Crippen LogP contribution in [0.1, 0.15) is 5.82 Å². The third-order valence-electron chi connectivity index (χ3n) is 5.19. The number of methoxy groups -OCH3 is 2. The van der Waals surface area contributed by atoms with Gasteiger partial charge in [0.2, 0.25) is 5.91 Å². The van der Waals surface area contributed by atoms with Crippen molar-refractivity contribution in [2.75, 3.05) is 20.8 Å². The number of carbonyl (C=O) groups excluding carboxylic acids is 1. The SMILES string of the molecule is COc1cc2ncn(CC(=O)NCCc3nc4ccccc4n3C)c(=O)c2cc1OC. The van der Waals surface area contributed by atoms with Gasteiger partial charge < -0.3 is 19.4 Å². The predicted octanol–water partition coefficient (Wildman–Crippen LogP) is 1.66. The van der Waals surface area contributed by atoms with E-state index in [0.717, 1.165) is 16.9 Å². The lowest BCUT2D eigenvalue weighted by molar-refractivity contribution is -0.121. The lowest BCUT2D eigenvalue weighted by Gasteiger charge is -2.11. The van der Waals surface area contributed by atoms with Crippen LogP contribution in [0.2, 0.25) is 0 Å². The van der Waals surface area contributed by atoms with Crippen molar-refractivity contribution in [1.29, 1.82) is 0 Å². The van der Waals surface area contributed by atoms with Gasteiger partial charge in [-0.05, 0) is 18.2 Å². The Labute approximate surface area is 178 Å². The standard InChI is InChI=1S/C22H23N5O4/c1-26-17-7-5-4-6-15(17)25-20(26)8-9-23-21(28)12-27-13-24-16-11-19(31-3)18(30-2)10-14(16)22(27)29/h4-7,10-11,13H,8-9,12H2,1-3H3,(H,23,28).